The van der Waals surface area contributed by atoms with Crippen molar-refractivity contribution in [2.45, 2.75) is 38.5 Å². The van der Waals surface area contributed by atoms with Crippen molar-refractivity contribution in [1.82, 2.24) is 14.9 Å². The van der Waals surface area contributed by atoms with Gasteiger partial charge in [0.1, 0.15) is 6.04 Å². The lowest BCUT2D eigenvalue weighted by atomic mass is 10.2. The average molecular weight is 277 g/mol. The van der Waals surface area contributed by atoms with Crippen LogP contribution in [0.2, 0.25) is 0 Å². The van der Waals surface area contributed by atoms with E-state index in [4.69, 9.17) is 0 Å². The van der Waals surface area contributed by atoms with E-state index < -0.39 is 20.8 Å². The lowest BCUT2D eigenvalue weighted by Gasteiger charge is -2.38. The van der Waals surface area contributed by atoms with Gasteiger partial charge in [0.15, 0.2) is 0 Å². The van der Waals surface area contributed by atoms with Crippen molar-refractivity contribution in [2.24, 2.45) is 0 Å². The summed E-state index contributed by atoms with van der Waals surface area (Å²) in [7, 11) is -3.48. The molecule has 18 heavy (non-hydrogen) atoms. The molecule has 1 amide bonds. The van der Waals surface area contributed by atoms with Crippen LogP contribution in [0.5, 0.6) is 0 Å². The molecule has 1 aliphatic heterocycles. The van der Waals surface area contributed by atoms with Crippen LogP contribution in [0.15, 0.2) is 0 Å². The largest absolute Gasteiger partial charge is 0.355 e. The molecule has 0 saturated carbocycles. The molecule has 1 fully saturated rings. The maximum Gasteiger partial charge on any atom is 0.239 e. The van der Waals surface area contributed by atoms with E-state index in [-0.39, 0.29) is 5.91 Å². The number of hydrogen-bond acceptors (Lipinski definition) is 4. The summed E-state index contributed by atoms with van der Waals surface area (Å²) in [6, 6.07) is -0.650. The number of sulfonamides is 1. The van der Waals surface area contributed by atoms with Crippen LogP contribution >= 0.6 is 0 Å². The predicted molar refractivity (Wildman–Crippen MR) is 70.7 cm³/mol. The molecular formula is C11H23N3O3S. The Morgan fingerprint density at radius 3 is 2.56 bits per heavy atom. The molecule has 0 aliphatic carbocycles. The van der Waals surface area contributed by atoms with Gasteiger partial charge in [-0.05, 0) is 27.7 Å². The number of amides is 1. The Morgan fingerprint density at radius 1 is 1.44 bits per heavy atom. The number of carbonyl (C=O) groups excluding carboxylic acids is 1. The quantitative estimate of drug-likeness (QED) is 0.731. The summed E-state index contributed by atoms with van der Waals surface area (Å²) in [6.45, 7) is 8.54. The fraction of sp³-hybridized carbons (Fsp3) is 0.909. The second-order valence-electron chi connectivity index (χ2n) is 5.34. The highest BCUT2D eigenvalue weighted by Crippen LogP contribution is 2.23. The van der Waals surface area contributed by atoms with E-state index in [0.717, 1.165) is 0 Å². The Kier molecular flexibility index (Phi) is 4.74. The normalized spacial score (nSPS) is 22.8. The summed E-state index contributed by atoms with van der Waals surface area (Å²) >= 11 is 0. The van der Waals surface area contributed by atoms with E-state index in [2.05, 4.69) is 10.6 Å². The minimum absolute atomic E-state index is 0.238. The Labute approximate surface area is 109 Å². The Bertz CT molecular complexity index is 400. The van der Waals surface area contributed by atoms with E-state index in [1.807, 2.05) is 6.92 Å². The fourth-order valence-corrected chi connectivity index (χ4v) is 3.38. The first kappa shape index (κ1) is 15.4. The molecule has 1 heterocycles. The van der Waals surface area contributed by atoms with Crippen LogP contribution in [0.25, 0.3) is 0 Å². The van der Waals surface area contributed by atoms with Gasteiger partial charge in [0.2, 0.25) is 15.9 Å². The van der Waals surface area contributed by atoms with Gasteiger partial charge in [-0.25, -0.2) is 8.42 Å². The van der Waals surface area contributed by atoms with Gasteiger partial charge in [-0.1, -0.05) is 0 Å². The lowest BCUT2D eigenvalue weighted by molar-refractivity contribution is -0.125. The Hall–Kier alpha value is -0.660. The van der Waals surface area contributed by atoms with Crippen molar-refractivity contribution < 1.29 is 13.2 Å². The number of piperazine rings is 1. The molecule has 1 atom stereocenters. The highest BCUT2D eigenvalue weighted by molar-refractivity contribution is 7.90. The summed E-state index contributed by atoms with van der Waals surface area (Å²) in [6.07, 6.45) is 0. The van der Waals surface area contributed by atoms with Gasteiger partial charge < -0.3 is 10.6 Å². The molecular weight excluding hydrogens is 254 g/mol. The second-order valence-corrected chi connectivity index (χ2v) is 7.99. The maximum atomic E-state index is 12.4. The fourth-order valence-electron chi connectivity index (χ4n) is 1.84. The smallest absolute Gasteiger partial charge is 0.239 e. The molecule has 2 N–H and O–H groups in total. The third-order valence-corrected chi connectivity index (χ3v) is 5.53. The van der Waals surface area contributed by atoms with E-state index in [0.29, 0.717) is 26.2 Å². The minimum atomic E-state index is -3.48. The number of nitrogens with one attached hydrogen (secondary N) is 2. The predicted octanol–water partition coefficient (Wildman–Crippen LogP) is -0.475. The van der Waals surface area contributed by atoms with Gasteiger partial charge in [-0.3, -0.25) is 4.79 Å². The molecule has 1 aliphatic rings. The Balaban J connectivity index is 3.00. The lowest BCUT2D eigenvalue weighted by Crippen LogP contribution is -2.61. The molecule has 6 nitrogen and oxygen atoms in total. The molecule has 0 spiro atoms. The van der Waals surface area contributed by atoms with E-state index in [1.165, 1.54) is 4.31 Å². The van der Waals surface area contributed by atoms with E-state index >= 15 is 0 Å². The summed E-state index contributed by atoms with van der Waals surface area (Å²) in [5, 5.41) is 5.74. The summed E-state index contributed by atoms with van der Waals surface area (Å²) < 4.78 is 25.3. The van der Waals surface area contributed by atoms with Crippen LogP contribution in [-0.2, 0) is 14.8 Å². The third-order valence-electron chi connectivity index (χ3n) is 2.93. The molecule has 1 saturated heterocycles. The van der Waals surface area contributed by atoms with Crippen molar-refractivity contribution in [3.8, 4) is 0 Å². The highest BCUT2D eigenvalue weighted by Gasteiger charge is 2.42. The molecule has 0 aromatic heterocycles. The zero-order valence-corrected chi connectivity index (χ0v) is 12.3. The number of carbonyl (C=O) groups is 1. The molecule has 0 aromatic carbocycles. The molecule has 106 valence electrons. The zero-order valence-electron chi connectivity index (χ0n) is 11.5. The van der Waals surface area contributed by atoms with Gasteiger partial charge in [0.05, 0.1) is 4.75 Å². The molecule has 0 bridgehead atoms. The van der Waals surface area contributed by atoms with Gasteiger partial charge >= 0.3 is 0 Å². The number of nitrogens with zero attached hydrogens (tertiary/aromatic N) is 1. The average Bonchev–Trinajstić information content (AvgIpc) is 2.28. The summed E-state index contributed by atoms with van der Waals surface area (Å²) in [4.78, 5) is 11.9. The second kappa shape index (κ2) is 5.54. The standard InChI is InChI=1S/C11H23N3O3S/c1-5-13-10(15)9-8-12-6-7-14(9)18(16,17)11(2,3)4/h9,12H,5-8H2,1-4H3,(H,13,15). The first-order valence-electron chi connectivity index (χ1n) is 6.21. The topological polar surface area (TPSA) is 78.5 Å². The van der Waals surface area contributed by atoms with Crippen molar-refractivity contribution >= 4 is 15.9 Å². The maximum absolute atomic E-state index is 12.4. The first-order chi connectivity index (χ1) is 8.21. The van der Waals surface area contributed by atoms with Crippen molar-refractivity contribution in [3.05, 3.63) is 0 Å². The first-order valence-corrected chi connectivity index (χ1v) is 7.65. The summed E-state index contributed by atoms with van der Waals surface area (Å²) in [5.41, 5.74) is 0. The zero-order chi connectivity index (χ0) is 14.0. The van der Waals surface area contributed by atoms with Crippen LogP contribution in [0.3, 0.4) is 0 Å². The van der Waals surface area contributed by atoms with Crippen LogP contribution in [0, 0.1) is 0 Å². The van der Waals surface area contributed by atoms with Crippen molar-refractivity contribution in [3.63, 3.8) is 0 Å². The van der Waals surface area contributed by atoms with Gasteiger partial charge in [0, 0.05) is 26.2 Å². The van der Waals surface area contributed by atoms with Crippen LogP contribution in [0.4, 0.5) is 0 Å². The molecule has 7 heteroatoms. The van der Waals surface area contributed by atoms with E-state index in [9.17, 15) is 13.2 Å². The number of hydrogen-bond donors (Lipinski definition) is 2. The number of rotatable bonds is 3. The molecule has 1 unspecified atom stereocenters. The highest BCUT2D eigenvalue weighted by atomic mass is 32.2. The minimum Gasteiger partial charge on any atom is -0.355 e. The van der Waals surface area contributed by atoms with Gasteiger partial charge in [-0.2, -0.15) is 4.31 Å². The van der Waals surface area contributed by atoms with Crippen molar-refractivity contribution in [1.29, 1.82) is 0 Å². The van der Waals surface area contributed by atoms with E-state index in [1.54, 1.807) is 20.8 Å². The monoisotopic (exact) mass is 277 g/mol. The molecule has 0 aromatic rings. The number of likely N-dealkylation sites (N-methyl/N-ethyl adjacent to an activating group) is 1. The van der Waals surface area contributed by atoms with Crippen LogP contribution in [0.1, 0.15) is 27.7 Å². The Morgan fingerprint density at radius 2 is 2.06 bits per heavy atom. The third kappa shape index (κ3) is 3.02. The SMILES string of the molecule is CCNC(=O)C1CNCCN1S(=O)(=O)C(C)(C)C. The van der Waals surface area contributed by atoms with Crippen LogP contribution in [-0.4, -0.2) is 55.6 Å². The molecule has 0 radical (unpaired) electrons. The van der Waals surface area contributed by atoms with Gasteiger partial charge in [-0.15, -0.1) is 0 Å². The van der Waals surface area contributed by atoms with Crippen LogP contribution < -0.4 is 10.6 Å². The molecule has 1 rings (SSSR count). The summed E-state index contributed by atoms with van der Waals surface area (Å²) in [5.74, 6) is -0.238. The van der Waals surface area contributed by atoms with Gasteiger partial charge in [0.25, 0.3) is 0 Å². The van der Waals surface area contributed by atoms with Crippen molar-refractivity contribution in [2.75, 3.05) is 26.2 Å².